The average Bonchev–Trinajstić information content (AvgIpc) is 2.95. The second-order valence-electron chi connectivity index (χ2n) is 5.21. The van der Waals surface area contributed by atoms with Gasteiger partial charge in [-0.25, -0.2) is 4.98 Å². The van der Waals surface area contributed by atoms with Crippen LogP contribution in [0.3, 0.4) is 0 Å². The lowest BCUT2D eigenvalue weighted by atomic mass is 9.95. The molecule has 0 radical (unpaired) electrons. The standard InChI is InChI=1S/C13H21ClN2S/c1-10(2)11-3-5-16(8-11)6-4-13-15-12(7-14)9-17-13/h9-11H,3-8H2,1-2H3. The SMILES string of the molecule is CC(C)C1CCN(CCc2nc(CCl)cs2)C1. The molecule has 0 N–H and O–H groups in total. The maximum Gasteiger partial charge on any atom is 0.0941 e. The van der Waals surface area contributed by atoms with Crippen LogP contribution < -0.4 is 0 Å². The molecule has 1 aromatic rings. The number of hydrogen-bond acceptors (Lipinski definition) is 3. The number of thiazole rings is 1. The molecule has 0 aromatic carbocycles. The van der Waals surface area contributed by atoms with Crippen molar-refractivity contribution in [2.75, 3.05) is 19.6 Å². The molecule has 0 bridgehead atoms. The summed E-state index contributed by atoms with van der Waals surface area (Å²) < 4.78 is 0. The van der Waals surface area contributed by atoms with Gasteiger partial charge in [0.25, 0.3) is 0 Å². The number of halogens is 1. The predicted octanol–water partition coefficient (Wildman–Crippen LogP) is 3.40. The van der Waals surface area contributed by atoms with Crippen LogP contribution in [-0.2, 0) is 12.3 Å². The monoisotopic (exact) mass is 272 g/mol. The number of aromatic nitrogens is 1. The second-order valence-corrected chi connectivity index (χ2v) is 6.42. The van der Waals surface area contributed by atoms with Crippen molar-refractivity contribution in [3.63, 3.8) is 0 Å². The Balaban J connectivity index is 1.76. The molecule has 2 rings (SSSR count). The van der Waals surface area contributed by atoms with E-state index in [0.717, 1.165) is 30.5 Å². The zero-order valence-corrected chi connectivity index (χ0v) is 12.2. The van der Waals surface area contributed by atoms with E-state index < -0.39 is 0 Å². The first-order valence-corrected chi connectivity index (χ1v) is 7.82. The minimum absolute atomic E-state index is 0.537. The van der Waals surface area contributed by atoms with E-state index >= 15 is 0 Å². The zero-order chi connectivity index (χ0) is 12.3. The molecule has 0 spiro atoms. The van der Waals surface area contributed by atoms with Crippen LogP contribution in [0.5, 0.6) is 0 Å². The van der Waals surface area contributed by atoms with Crippen LogP contribution in [0, 0.1) is 11.8 Å². The lowest BCUT2D eigenvalue weighted by Gasteiger charge is -2.17. The minimum Gasteiger partial charge on any atom is -0.303 e. The quantitative estimate of drug-likeness (QED) is 0.764. The first kappa shape index (κ1) is 13.3. The van der Waals surface area contributed by atoms with Crippen molar-refractivity contribution in [3.05, 3.63) is 16.1 Å². The van der Waals surface area contributed by atoms with Gasteiger partial charge in [0.15, 0.2) is 0 Å². The van der Waals surface area contributed by atoms with E-state index in [0.29, 0.717) is 5.88 Å². The molecule has 17 heavy (non-hydrogen) atoms. The Morgan fingerprint density at radius 3 is 3.00 bits per heavy atom. The van der Waals surface area contributed by atoms with Crippen molar-refractivity contribution >= 4 is 22.9 Å². The first-order valence-electron chi connectivity index (χ1n) is 6.40. The highest BCUT2D eigenvalue weighted by Crippen LogP contribution is 2.23. The van der Waals surface area contributed by atoms with Gasteiger partial charge in [0.05, 0.1) is 16.6 Å². The van der Waals surface area contributed by atoms with Crippen LogP contribution in [0.2, 0.25) is 0 Å². The van der Waals surface area contributed by atoms with E-state index in [-0.39, 0.29) is 0 Å². The summed E-state index contributed by atoms with van der Waals surface area (Å²) in [5, 5.41) is 3.30. The van der Waals surface area contributed by atoms with Gasteiger partial charge in [-0.3, -0.25) is 0 Å². The summed E-state index contributed by atoms with van der Waals surface area (Å²) in [5.41, 5.74) is 1.02. The van der Waals surface area contributed by atoms with E-state index in [1.54, 1.807) is 11.3 Å². The molecule has 1 atom stereocenters. The van der Waals surface area contributed by atoms with E-state index in [9.17, 15) is 0 Å². The third kappa shape index (κ3) is 3.67. The maximum atomic E-state index is 5.76. The van der Waals surface area contributed by atoms with Gasteiger partial charge in [0.2, 0.25) is 0 Å². The number of hydrogen-bond donors (Lipinski definition) is 0. The van der Waals surface area contributed by atoms with E-state index in [4.69, 9.17) is 11.6 Å². The molecule has 0 amide bonds. The lowest BCUT2D eigenvalue weighted by molar-refractivity contribution is 0.306. The first-order chi connectivity index (χ1) is 8.19. The molecule has 0 saturated carbocycles. The maximum absolute atomic E-state index is 5.76. The van der Waals surface area contributed by atoms with Crippen molar-refractivity contribution in [3.8, 4) is 0 Å². The highest BCUT2D eigenvalue weighted by Gasteiger charge is 2.24. The number of nitrogens with zero attached hydrogens (tertiary/aromatic N) is 2. The Morgan fingerprint density at radius 1 is 1.59 bits per heavy atom. The van der Waals surface area contributed by atoms with Gasteiger partial charge in [-0.1, -0.05) is 13.8 Å². The molecule has 1 aliphatic heterocycles. The van der Waals surface area contributed by atoms with Gasteiger partial charge >= 0.3 is 0 Å². The van der Waals surface area contributed by atoms with Crippen molar-refractivity contribution in [1.82, 2.24) is 9.88 Å². The van der Waals surface area contributed by atoms with Crippen molar-refractivity contribution in [1.29, 1.82) is 0 Å². The average molecular weight is 273 g/mol. The van der Waals surface area contributed by atoms with Crippen molar-refractivity contribution in [2.24, 2.45) is 11.8 Å². The largest absolute Gasteiger partial charge is 0.303 e. The molecule has 2 heterocycles. The fourth-order valence-corrected chi connectivity index (χ4v) is 3.40. The van der Waals surface area contributed by atoms with Gasteiger partial charge in [0, 0.05) is 24.9 Å². The molecular formula is C13H21ClN2S. The fraction of sp³-hybridized carbons (Fsp3) is 0.769. The molecule has 1 aromatic heterocycles. The highest BCUT2D eigenvalue weighted by molar-refractivity contribution is 7.09. The van der Waals surface area contributed by atoms with Gasteiger partial charge in [-0.15, -0.1) is 22.9 Å². The van der Waals surface area contributed by atoms with Crippen LogP contribution in [-0.4, -0.2) is 29.5 Å². The van der Waals surface area contributed by atoms with Crippen LogP contribution in [0.4, 0.5) is 0 Å². The van der Waals surface area contributed by atoms with Gasteiger partial charge in [-0.2, -0.15) is 0 Å². The zero-order valence-electron chi connectivity index (χ0n) is 10.7. The molecule has 1 fully saturated rings. The summed E-state index contributed by atoms with van der Waals surface area (Å²) in [6.45, 7) is 8.35. The van der Waals surface area contributed by atoms with Crippen molar-refractivity contribution in [2.45, 2.75) is 32.6 Å². The molecule has 1 aliphatic rings. The summed E-state index contributed by atoms with van der Waals surface area (Å²) >= 11 is 7.50. The number of alkyl halides is 1. The van der Waals surface area contributed by atoms with E-state index in [1.165, 1.54) is 24.5 Å². The van der Waals surface area contributed by atoms with Gasteiger partial charge in [-0.05, 0) is 24.8 Å². The summed E-state index contributed by atoms with van der Waals surface area (Å²) in [6, 6.07) is 0. The molecule has 1 unspecified atom stereocenters. The second kappa shape index (κ2) is 6.17. The van der Waals surface area contributed by atoms with E-state index in [1.807, 2.05) is 0 Å². The summed E-state index contributed by atoms with van der Waals surface area (Å²) in [4.78, 5) is 7.08. The van der Waals surface area contributed by atoms with Crippen LogP contribution in [0.1, 0.15) is 31.0 Å². The Hall–Kier alpha value is -0.120. The minimum atomic E-state index is 0.537. The van der Waals surface area contributed by atoms with Gasteiger partial charge in [0.1, 0.15) is 0 Å². The summed E-state index contributed by atoms with van der Waals surface area (Å²) in [6.07, 6.45) is 2.44. The Bertz CT molecular complexity index is 351. The molecule has 2 nitrogen and oxygen atoms in total. The third-order valence-corrected chi connectivity index (χ3v) is 4.86. The van der Waals surface area contributed by atoms with E-state index in [2.05, 4.69) is 29.1 Å². The fourth-order valence-electron chi connectivity index (χ4n) is 2.39. The number of likely N-dealkylation sites (tertiary alicyclic amines) is 1. The van der Waals surface area contributed by atoms with Crippen LogP contribution in [0.25, 0.3) is 0 Å². The third-order valence-electron chi connectivity index (χ3n) is 3.63. The normalized spacial score (nSPS) is 21.5. The van der Waals surface area contributed by atoms with Gasteiger partial charge < -0.3 is 4.90 Å². The smallest absolute Gasteiger partial charge is 0.0941 e. The topological polar surface area (TPSA) is 16.1 Å². The highest BCUT2D eigenvalue weighted by atomic mass is 35.5. The Kier molecular flexibility index (Phi) is 4.83. The molecule has 0 aliphatic carbocycles. The Morgan fingerprint density at radius 2 is 2.41 bits per heavy atom. The van der Waals surface area contributed by atoms with Crippen LogP contribution >= 0.6 is 22.9 Å². The summed E-state index contributed by atoms with van der Waals surface area (Å²) in [7, 11) is 0. The van der Waals surface area contributed by atoms with Crippen molar-refractivity contribution < 1.29 is 0 Å². The molecule has 1 saturated heterocycles. The Labute approximate surface area is 113 Å². The van der Waals surface area contributed by atoms with Crippen LogP contribution in [0.15, 0.2) is 5.38 Å². The molecule has 4 heteroatoms. The summed E-state index contributed by atoms with van der Waals surface area (Å²) in [5.74, 6) is 2.25. The molecular weight excluding hydrogens is 252 g/mol. The molecule has 96 valence electrons. The lowest BCUT2D eigenvalue weighted by Crippen LogP contribution is -2.24. The number of rotatable bonds is 5. The predicted molar refractivity (Wildman–Crippen MR) is 74.8 cm³/mol.